The number of fused-ring (bicyclic) bond motifs is 1. The van der Waals surface area contributed by atoms with Crippen molar-refractivity contribution in [3.8, 4) is 12.3 Å². The maximum absolute atomic E-state index is 13.2. The molecule has 2 aromatic rings. The van der Waals surface area contributed by atoms with Crippen molar-refractivity contribution in [3.63, 3.8) is 0 Å². The van der Waals surface area contributed by atoms with Gasteiger partial charge in [-0.15, -0.1) is 6.42 Å². The lowest BCUT2D eigenvalue weighted by Gasteiger charge is -2.42. The monoisotopic (exact) mass is 607 g/mol. The Hall–Kier alpha value is -3.60. The number of halogens is 3. The number of thiocarbonyl (C=S) groups is 1. The van der Waals surface area contributed by atoms with Crippen LogP contribution in [0, 0.1) is 12.3 Å². The van der Waals surface area contributed by atoms with Crippen LogP contribution in [0.4, 0.5) is 30.2 Å². The minimum Gasteiger partial charge on any atom is -0.471 e. The number of ether oxygens (including phenoxy) is 1. The number of nitrogens with one attached hydrogen (secondary N) is 2. The van der Waals surface area contributed by atoms with Gasteiger partial charge in [0, 0.05) is 34.2 Å². The molecule has 13 heteroatoms. The molecule has 1 aliphatic heterocycles. The quantitative estimate of drug-likeness (QED) is 0.174. The number of nitrogens with zero attached hydrogens (tertiary/aromatic N) is 1. The number of hydrogen-bond donors (Lipinski definition) is 2. The second-order valence-electron chi connectivity index (χ2n) is 9.44. The fourth-order valence-corrected chi connectivity index (χ4v) is 5.95. The van der Waals surface area contributed by atoms with Crippen molar-refractivity contribution in [3.05, 3.63) is 64.9 Å². The Bertz CT molecular complexity index is 1530. The summed E-state index contributed by atoms with van der Waals surface area (Å²) in [7, 11) is -5.82. The lowest BCUT2D eigenvalue weighted by molar-refractivity contribution is -0.0568. The molecule has 1 amide bonds. The van der Waals surface area contributed by atoms with Gasteiger partial charge in [0.05, 0.1) is 13.2 Å². The van der Waals surface area contributed by atoms with Gasteiger partial charge < -0.3 is 20.3 Å². The zero-order chi connectivity index (χ0) is 29.9. The summed E-state index contributed by atoms with van der Waals surface area (Å²) in [6.45, 7) is 4.08. The predicted octanol–water partition coefficient (Wildman–Crippen LogP) is 5.90. The molecule has 0 radical (unpaired) electrons. The fraction of sp³-hybridized carbons (Fsp3) is 0.357. The lowest BCUT2D eigenvalue weighted by Crippen LogP contribution is -2.39. The summed E-state index contributed by atoms with van der Waals surface area (Å²) in [5.41, 5.74) is -1.73. The SMILES string of the molecule is C#CCN1C2=C(C(OS(=O)(=O)C(F)(F)F)CCC2)C(C)c2cc(NC(=O)c3cccc(NC(=S)OCC)c3)ccc21. The molecule has 0 saturated heterocycles. The Morgan fingerprint density at radius 2 is 1.93 bits per heavy atom. The third kappa shape index (κ3) is 6.50. The van der Waals surface area contributed by atoms with Gasteiger partial charge in [0.1, 0.15) is 6.10 Å². The number of terminal acetylenes is 1. The highest BCUT2D eigenvalue weighted by Crippen LogP contribution is 2.48. The van der Waals surface area contributed by atoms with Gasteiger partial charge in [0.25, 0.3) is 11.1 Å². The molecular weight excluding hydrogens is 579 g/mol. The van der Waals surface area contributed by atoms with Crippen LogP contribution in [0.25, 0.3) is 0 Å². The van der Waals surface area contributed by atoms with Gasteiger partial charge in [-0.2, -0.15) is 21.6 Å². The van der Waals surface area contributed by atoms with E-state index in [0.29, 0.717) is 53.2 Å². The summed E-state index contributed by atoms with van der Waals surface area (Å²) in [6.07, 6.45) is 5.35. The maximum atomic E-state index is 13.2. The standard InChI is InChI=1S/C28H28F3N3O5S2/c1-4-14-34-22-13-12-20(32-26(35)18-8-6-9-19(15-18)33-27(40)38-5-2)16-21(22)17(3)25-23(34)10-7-11-24(25)39-41(36,37)28(29,30)31/h1,6,8-9,12-13,15-17,24H,5,7,10-11,14H2,2-3H3,(H,32,35)(H,33,40). The number of carbonyl (C=O) groups is 1. The first-order valence-electron chi connectivity index (χ1n) is 12.8. The van der Waals surface area contributed by atoms with E-state index in [2.05, 4.69) is 16.6 Å². The molecule has 8 nitrogen and oxygen atoms in total. The first-order valence-corrected chi connectivity index (χ1v) is 14.6. The van der Waals surface area contributed by atoms with Gasteiger partial charge in [0.2, 0.25) is 0 Å². The van der Waals surface area contributed by atoms with Crippen LogP contribution in [-0.4, -0.2) is 44.3 Å². The van der Waals surface area contributed by atoms with Crippen LogP contribution in [0.3, 0.4) is 0 Å². The van der Waals surface area contributed by atoms with Gasteiger partial charge >= 0.3 is 15.6 Å². The summed E-state index contributed by atoms with van der Waals surface area (Å²) in [4.78, 5) is 14.9. The Morgan fingerprint density at radius 3 is 2.61 bits per heavy atom. The molecule has 1 heterocycles. The smallest absolute Gasteiger partial charge is 0.471 e. The molecule has 0 bridgehead atoms. The molecule has 0 fully saturated rings. The Labute approximate surface area is 242 Å². The first-order chi connectivity index (χ1) is 19.4. The van der Waals surface area contributed by atoms with Gasteiger partial charge in [-0.1, -0.05) is 18.9 Å². The zero-order valence-electron chi connectivity index (χ0n) is 22.2. The summed E-state index contributed by atoms with van der Waals surface area (Å²) in [6, 6.07) is 11.8. The number of anilines is 3. The van der Waals surface area contributed by atoms with E-state index in [0.717, 1.165) is 5.69 Å². The lowest BCUT2D eigenvalue weighted by atomic mass is 9.78. The zero-order valence-corrected chi connectivity index (χ0v) is 23.9. The van der Waals surface area contributed by atoms with Crippen molar-refractivity contribution >= 4 is 50.5 Å². The van der Waals surface area contributed by atoms with E-state index < -0.39 is 33.6 Å². The number of alkyl halides is 3. The molecule has 0 aromatic heterocycles. The Balaban J connectivity index is 1.64. The minimum absolute atomic E-state index is 0.102. The number of benzene rings is 2. The second-order valence-corrected chi connectivity index (χ2v) is 11.4. The minimum atomic E-state index is -5.82. The average Bonchev–Trinajstić information content (AvgIpc) is 2.90. The normalized spacial score (nSPS) is 18.6. The average molecular weight is 608 g/mol. The molecular formula is C28H28F3N3O5S2. The third-order valence-corrected chi connectivity index (χ3v) is 8.09. The highest BCUT2D eigenvalue weighted by atomic mass is 32.2. The summed E-state index contributed by atoms with van der Waals surface area (Å²) in [5, 5.41) is 5.91. The number of amides is 1. The van der Waals surface area contributed by atoms with Crippen LogP contribution < -0.4 is 15.5 Å². The van der Waals surface area contributed by atoms with Crippen molar-refractivity contribution < 1.29 is 35.3 Å². The van der Waals surface area contributed by atoms with Crippen molar-refractivity contribution in [2.24, 2.45) is 0 Å². The van der Waals surface area contributed by atoms with Gasteiger partial charge in [0.15, 0.2) is 0 Å². The predicted molar refractivity (Wildman–Crippen MR) is 154 cm³/mol. The van der Waals surface area contributed by atoms with E-state index in [9.17, 15) is 26.4 Å². The molecule has 2 unspecified atom stereocenters. The Morgan fingerprint density at radius 1 is 1.20 bits per heavy atom. The number of allylic oxidation sites excluding steroid dienone is 1. The molecule has 2 aromatic carbocycles. The summed E-state index contributed by atoms with van der Waals surface area (Å²) in [5.74, 6) is 1.65. The maximum Gasteiger partial charge on any atom is 0.523 e. The van der Waals surface area contributed by atoms with Crippen LogP contribution in [0.15, 0.2) is 53.7 Å². The van der Waals surface area contributed by atoms with Crippen LogP contribution in [0.1, 0.15) is 54.9 Å². The molecule has 0 saturated carbocycles. The van der Waals surface area contributed by atoms with E-state index in [1.807, 2.05) is 0 Å². The van der Waals surface area contributed by atoms with Crippen LogP contribution in [0.2, 0.25) is 0 Å². The molecule has 2 aliphatic rings. The molecule has 0 spiro atoms. The van der Waals surface area contributed by atoms with Gasteiger partial charge in [-0.05, 0) is 85.9 Å². The number of carbonyl (C=O) groups excluding carboxylic acids is 1. The van der Waals surface area contributed by atoms with Crippen LogP contribution in [0.5, 0.6) is 0 Å². The number of hydrogen-bond acceptors (Lipinski definition) is 7. The van der Waals surface area contributed by atoms with Gasteiger partial charge in [-0.25, -0.2) is 0 Å². The number of rotatable bonds is 7. The van der Waals surface area contributed by atoms with Gasteiger partial charge in [-0.3, -0.25) is 8.98 Å². The van der Waals surface area contributed by atoms with E-state index in [-0.39, 0.29) is 18.1 Å². The topological polar surface area (TPSA) is 97.0 Å². The molecule has 1 aliphatic carbocycles. The molecule has 218 valence electrons. The molecule has 2 N–H and O–H groups in total. The van der Waals surface area contributed by atoms with Crippen LogP contribution in [-0.2, 0) is 19.0 Å². The molecule has 4 rings (SSSR count). The second kappa shape index (κ2) is 12.1. The van der Waals surface area contributed by atoms with Crippen molar-refractivity contribution in [1.82, 2.24) is 0 Å². The summed E-state index contributed by atoms with van der Waals surface area (Å²) < 4.78 is 73.2. The highest BCUT2D eigenvalue weighted by Gasteiger charge is 2.50. The van der Waals surface area contributed by atoms with Crippen LogP contribution >= 0.6 is 12.2 Å². The largest absolute Gasteiger partial charge is 0.523 e. The third-order valence-electron chi connectivity index (χ3n) is 6.82. The fourth-order valence-electron chi connectivity index (χ4n) is 5.10. The highest BCUT2D eigenvalue weighted by molar-refractivity contribution is 7.87. The van der Waals surface area contributed by atoms with E-state index in [1.165, 1.54) is 0 Å². The van der Waals surface area contributed by atoms with Crippen molar-refractivity contribution in [2.45, 2.75) is 50.6 Å². The first kappa shape index (κ1) is 30.4. The van der Waals surface area contributed by atoms with E-state index in [1.54, 1.807) is 61.2 Å². The van der Waals surface area contributed by atoms with Crippen molar-refractivity contribution in [2.75, 3.05) is 28.7 Å². The van der Waals surface area contributed by atoms with Crippen molar-refractivity contribution in [1.29, 1.82) is 0 Å². The summed E-state index contributed by atoms with van der Waals surface area (Å²) >= 11 is 5.09. The molecule has 41 heavy (non-hydrogen) atoms. The Kier molecular flexibility index (Phi) is 8.96. The van der Waals surface area contributed by atoms with E-state index in [4.69, 9.17) is 27.6 Å². The molecule has 2 atom stereocenters. The van der Waals surface area contributed by atoms with E-state index >= 15 is 0 Å².